The number of carbonyl (C=O) groups is 4. The number of hydrogen-bond acceptors (Lipinski definition) is 17. The predicted octanol–water partition coefficient (Wildman–Crippen LogP) is 7.60. The standard InChI is InChI=1S/C24H34N6O4.C20H32BN3O4.C15H17BrN4O2/c1-15(16-11-20(31)25-13-16)33-22-21-18(26-14-30(21)17-5-6-17)12-19(27-22)28-7-9-29(10-8-28)23(32)34-24(2,3)4;1-18(2,3)26-17(25)24-12-10-23(11-13-24)16-9-8-15(14-22-16)21-27-19(4,5)20(6,7)28-21;1-8(9-4-13(21)17-6-9)22-15-14-11(5-12(16)19-15)18-7-20(14)10-2-3-10/h12,14-17H,5-11,13H2,1-4H3,(H,25,31);8-9,14H,10-13H2,1-7H3;5,7-10H,2-4,6H2,1H3,(H,17,21)/t15-,16-;;8-,9-/m1.1/s1. The van der Waals surface area contributed by atoms with E-state index in [0.717, 1.165) is 65.1 Å². The highest BCUT2D eigenvalue weighted by molar-refractivity contribution is 9.10. The zero-order valence-electron chi connectivity index (χ0n) is 50.8. The number of imidazole rings is 2. The summed E-state index contributed by atoms with van der Waals surface area (Å²) in [6.45, 7) is 29.8. The number of hydrogen-bond donors (Lipinski definition) is 2. The normalized spacial score (nSPS) is 22.2. The molecule has 0 bridgehead atoms. The van der Waals surface area contributed by atoms with E-state index in [1.807, 2.05) is 126 Å². The van der Waals surface area contributed by atoms with Gasteiger partial charge in [0.25, 0.3) is 0 Å². The van der Waals surface area contributed by atoms with Gasteiger partial charge in [0.2, 0.25) is 23.6 Å². The molecule has 5 saturated heterocycles. The number of nitrogens with one attached hydrogen (secondary N) is 2. The number of nitrogens with zero attached hydrogens (tertiary/aromatic N) is 11. The molecule has 7 aliphatic rings. The highest BCUT2D eigenvalue weighted by Crippen LogP contribution is 2.42. The van der Waals surface area contributed by atoms with Crippen LogP contribution in [0.2, 0.25) is 0 Å². The van der Waals surface area contributed by atoms with Crippen molar-refractivity contribution in [2.24, 2.45) is 11.8 Å². The van der Waals surface area contributed by atoms with Crippen LogP contribution in [0.25, 0.3) is 22.1 Å². The second-order valence-electron chi connectivity index (χ2n) is 26.2. The van der Waals surface area contributed by atoms with E-state index < -0.39 is 18.3 Å². The van der Waals surface area contributed by atoms with Gasteiger partial charge in [-0.1, -0.05) is 6.07 Å². The van der Waals surface area contributed by atoms with Crippen LogP contribution in [0.15, 0.2) is 47.7 Å². The van der Waals surface area contributed by atoms with Gasteiger partial charge in [-0.3, -0.25) is 9.59 Å². The minimum absolute atomic E-state index is 0.0678. The average molecular weight is 1230 g/mol. The summed E-state index contributed by atoms with van der Waals surface area (Å²) in [6, 6.07) is 8.87. The molecular weight excluding hydrogens is 1140 g/mol. The Kier molecular flexibility index (Phi) is 17.4. The number of pyridine rings is 3. The number of anilines is 2. The number of amides is 4. The Bertz CT molecular complexity index is 3180. The molecule has 0 unspecified atom stereocenters. The van der Waals surface area contributed by atoms with Crippen LogP contribution in [0.1, 0.15) is 134 Å². The molecule has 0 aromatic carbocycles. The molecule has 4 amide bonds. The highest BCUT2D eigenvalue weighted by atomic mass is 79.9. The van der Waals surface area contributed by atoms with Crippen molar-refractivity contribution in [3.8, 4) is 11.8 Å². The molecule has 10 heterocycles. The van der Waals surface area contributed by atoms with Gasteiger partial charge in [-0.15, -0.1) is 0 Å². The molecule has 7 fully saturated rings. The summed E-state index contributed by atoms with van der Waals surface area (Å²) in [4.78, 5) is 78.7. The van der Waals surface area contributed by atoms with Gasteiger partial charge in [0.15, 0.2) is 0 Å². The van der Waals surface area contributed by atoms with Crippen molar-refractivity contribution in [2.75, 3.05) is 75.2 Å². The molecule has 454 valence electrons. The van der Waals surface area contributed by atoms with E-state index in [0.29, 0.717) is 93.6 Å². The summed E-state index contributed by atoms with van der Waals surface area (Å²) in [5.41, 5.74) is 2.81. The quantitative estimate of drug-likeness (QED) is 0.0957. The Labute approximate surface area is 500 Å². The topological polar surface area (TPSA) is 235 Å². The van der Waals surface area contributed by atoms with Gasteiger partial charge < -0.3 is 67.6 Å². The maximum absolute atomic E-state index is 12.4. The number of halogens is 1. The first-order chi connectivity index (χ1) is 39.7. The van der Waals surface area contributed by atoms with Crippen LogP contribution in [0.5, 0.6) is 11.8 Å². The summed E-state index contributed by atoms with van der Waals surface area (Å²) in [5, 5.41) is 5.74. The van der Waals surface area contributed by atoms with E-state index >= 15 is 0 Å². The minimum atomic E-state index is -0.510. The third-order valence-electron chi connectivity index (χ3n) is 16.6. The monoisotopic (exact) mass is 1220 g/mol. The van der Waals surface area contributed by atoms with Crippen LogP contribution < -0.4 is 35.4 Å². The average Bonchev–Trinajstić information content (AvgIpc) is 3.51. The van der Waals surface area contributed by atoms with E-state index in [1.54, 1.807) is 9.80 Å². The van der Waals surface area contributed by atoms with Crippen LogP contribution in [0.4, 0.5) is 21.2 Å². The zero-order chi connectivity index (χ0) is 60.0. The molecule has 2 N–H and O–H groups in total. The van der Waals surface area contributed by atoms with Gasteiger partial charge in [0, 0.05) is 120 Å². The van der Waals surface area contributed by atoms with Gasteiger partial charge in [-0.05, 0) is 137 Å². The summed E-state index contributed by atoms with van der Waals surface area (Å²) >= 11 is 3.42. The first-order valence-corrected chi connectivity index (χ1v) is 30.5. The van der Waals surface area contributed by atoms with Crippen LogP contribution >= 0.6 is 15.9 Å². The number of rotatable bonds is 11. The van der Waals surface area contributed by atoms with Gasteiger partial charge in [0.1, 0.15) is 50.7 Å². The largest absolute Gasteiger partial charge is 0.496 e. The molecule has 2 saturated carbocycles. The van der Waals surface area contributed by atoms with E-state index in [9.17, 15) is 19.2 Å². The van der Waals surface area contributed by atoms with Crippen LogP contribution in [0, 0.1) is 11.8 Å². The molecular formula is C59H83BBrN13O10. The maximum Gasteiger partial charge on any atom is 0.496 e. The van der Waals surface area contributed by atoms with Crippen molar-refractivity contribution in [3.05, 3.63) is 47.7 Å². The molecule has 5 aromatic heterocycles. The van der Waals surface area contributed by atoms with Crippen LogP contribution in [-0.4, -0.2) is 175 Å². The fourth-order valence-corrected chi connectivity index (χ4v) is 11.0. The highest BCUT2D eigenvalue weighted by Gasteiger charge is 2.52. The minimum Gasteiger partial charge on any atom is -0.473 e. The lowest BCUT2D eigenvalue weighted by Gasteiger charge is -2.36. The lowest BCUT2D eigenvalue weighted by molar-refractivity contribution is -0.120. The maximum atomic E-state index is 12.4. The third-order valence-corrected chi connectivity index (χ3v) is 17.0. The molecule has 0 spiro atoms. The predicted molar refractivity (Wildman–Crippen MR) is 322 cm³/mol. The molecule has 23 nitrogen and oxygen atoms in total. The van der Waals surface area contributed by atoms with E-state index in [-0.39, 0.29) is 59.2 Å². The van der Waals surface area contributed by atoms with E-state index in [4.69, 9.17) is 33.2 Å². The molecule has 4 atom stereocenters. The summed E-state index contributed by atoms with van der Waals surface area (Å²) in [7, 11) is -0.407. The molecule has 0 radical (unpaired) electrons. The van der Waals surface area contributed by atoms with Crippen molar-refractivity contribution < 1.29 is 47.4 Å². The zero-order valence-corrected chi connectivity index (χ0v) is 52.4. The first kappa shape index (κ1) is 60.7. The van der Waals surface area contributed by atoms with E-state index in [1.165, 1.54) is 12.8 Å². The summed E-state index contributed by atoms with van der Waals surface area (Å²) < 4.78 is 40.7. The van der Waals surface area contributed by atoms with Crippen molar-refractivity contribution in [1.29, 1.82) is 0 Å². The van der Waals surface area contributed by atoms with Crippen molar-refractivity contribution in [3.63, 3.8) is 0 Å². The van der Waals surface area contributed by atoms with E-state index in [2.05, 4.69) is 65.4 Å². The third kappa shape index (κ3) is 14.4. The Morgan fingerprint density at radius 1 is 0.643 bits per heavy atom. The smallest absolute Gasteiger partial charge is 0.473 e. The van der Waals surface area contributed by atoms with Crippen molar-refractivity contribution >= 4 is 86.2 Å². The van der Waals surface area contributed by atoms with Crippen molar-refractivity contribution in [2.45, 2.75) is 168 Å². The van der Waals surface area contributed by atoms with Gasteiger partial charge in [-0.25, -0.2) is 29.5 Å². The summed E-state index contributed by atoms with van der Waals surface area (Å²) in [6.07, 6.45) is 10.4. The Morgan fingerprint density at radius 2 is 1.08 bits per heavy atom. The van der Waals surface area contributed by atoms with Gasteiger partial charge in [0.05, 0.1) is 34.9 Å². The lowest BCUT2D eigenvalue weighted by Crippen LogP contribution is -2.50. The molecule has 5 aliphatic heterocycles. The molecule has 25 heteroatoms. The fraction of sp³-hybridized carbons (Fsp3) is 0.644. The first-order valence-electron chi connectivity index (χ1n) is 29.7. The number of ether oxygens (including phenoxy) is 4. The second kappa shape index (κ2) is 24.1. The number of carbonyl (C=O) groups excluding carboxylic acids is 4. The van der Waals surface area contributed by atoms with Gasteiger partial charge >= 0.3 is 19.3 Å². The molecule has 2 aliphatic carbocycles. The fourth-order valence-electron chi connectivity index (χ4n) is 10.7. The van der Waals surface area contributed by atoms with Crippen molar-refractivity contribution in [1.82, 2.24) is 54.5 Å². The molecule has 12 rings (SSSR count). The summed E-state index contributed by atoms with van der Waals surface area (Å²) in [5.74, 6) is 3.31. The second-order valence-corrected chi connectivity index (χ2v) is 27.0. The van der Waals surface area contributed by atoms with Gasteiger partial charge in [-0.2, -0.15) is 4.98 Å². The Morgan fingerprint density at radius 3 is 1.49 bits per heavy atom. The van der Waals surface area contributed by atoms with Crippen LogP contribution in [0.3, 0.4) is 0 Å². The number of aromatic nitrogens is 7. The molecule has 84 heavy (non-hydrogen) atoms. The SMILES string of the molecule is CC(C)(C)OC(=O)N1CCN(c2ccc(B3OC(C)(C)C(C)(C)O3)cn2)CC1.C[C@@H](Oc1nc(Br)cc2ncn(C3CC3)c12)[C@H]1CNC(=O)C1.C[C@@H](Oc1nc(N2CCN(C(=O)OC(C)(C)C)CC2)cc2ncn(C3CC3)c12)[C@H]1CNC(=O)C1. The lowest BCUT2D eigenvalue weighted by atomic mass is 9.80. The van der Waals surface area contributed by atoms with Crippen LogP contribution in [-0.2, 0) is 28.4 Å². The Hall–Kier alpha value is -6.47. The molecule has 5 aromatic rings. The number of fused-ring (bicyclic) bond motifs is 2. The number of piperazine rings is 2. The Balaban J connectivity index is 0.000000144.